The minimum absolute atomic E-state index is 0.0810. The summed E-state index contributed by atoms with van der Waals surface area (Å²) < 4.78 is 0. The van der Waals surface area contributed by atoms with E-state index < -0.39 is 11.7 Å². The van der Waals surface area contributed by atoms with Crippen molar-refractivity contribution in [2.75, 3.05) is 0 Å². The third kappa shape index (κ3) is 0.833. The Bertz CT molecular complexity index is 397. The number of azo groups is 1. The van der Waals surface area contributed by atoms with Gasteiger partial charge in [0, 0.05) is 6.20 Å². The monoisotopic (exact) mass is 161 g/mol. The number of pyridine rings is 1. The van der Waals surface area contributed by atoms with Crippen LogP contribution in [0.1, 0.15) is 10.5 Å². The lowest BCUT2D eigenvalue weighted by Gasteiger charge is -2.02. The zero-order chi connectivity index (χ0) is 8.55. The maximum Gasteiger partial charge on any atom is 0.338 e. The molecule has 1 aromatic rings. The minimum atomic E-state index is -0.860. The number of ketones is 1. The molecule has 0 N–H and O–H groups in total. The van der Waals surface area contributed by atoms with Gasteiger partial charge in [0.15, 0.2) is 0 Å². The van der Waals surface area contributed by atoms with Gasteiger partial charge in [-0.3, -0.25) is 14.6 Å². The molecule has 2 rings (SSSR count). The standard InChI is InChI=1S/C7H3N3O2/c11-6-5-4(2-1-3-8-5)9-10-7(6)12/h1-3H. The lowest BCUT2D eigenvalue weighted by Crippen LogP contribution is -2.15. The summed E-state index contributed by atoms with van der Waals surface area (Å²) in [5.74, 6) is -1.55. The van der Waals surface area contributed by atoms with Gasteiger partial charge in [0.05, 0.1) is 0 Å². The summed E-state index contributed by atoms with van der Waals surface area (Å²) in [6.45, 7) is 0. The number of carbonyl (C=O) groups excluding carboxylic acids is 2. The molecule has 0 aliphatic carbocycles. The van der Waals surface area contributed by atoms with Gasteiger partial charge < -0.3 is 0 Å². The van der Waals surface area contributed by atoms with Gasteiger partial charge in [0.25, 0.3) is 5.78 Å². The highest BCUT2D eigenvalue weighted by Crippen LogP contribution is 2.21. The molecule has 2 heterocycles. The average Bonchev–Trinajstić information content (AvgIpc) is 2.12. The van der Waals surface area contributed by atoms with E-state index in [0.29, 0.717) is 5.69 Å². The maximum absolute atomic E-state index is 11.1. The van der Waals surface area contributed by atoms with Crippen molar-refractivity contribution in [3.05, 3.63) is 24.0 Å². The van der Waals surface area contributed by atoms with E-state index in [1.165, 1.54) is 6.20 Å². The third-order valence-electron chi connectivity index (χ3n) is 1.44. The molecule has 1 aliphatic rings. The minimum Gasteiger partial charge on any atom is -0.281 e. The Kier molecular flexibility index (Phi) is 1.30. The van der Waals surface area contributed by atoms with Crippen LogP contribution in [-0.4, -0.2) is 16.7 Å². The van der Waals surface area contributed by atoms with Crippen molar-refractivity contribution in [3.63, 3.8) is 0 Å². The molecule has 0 radical (unpaired) electrons. The zero-order valence-electron chi connectivity index (χ0n) is 5.89. The molecule has 58 valence electrons. The van der Waals surface area contributed by atoms with Crippen molar-refractivity contribution >= 4 is 17.4 Å². The zero-order valence-corrected chi connectivity index (χ0v) is 5.89. The topological polar surface area (TPSA) is 71.8 Å². The van der Waals surface area contributed by atoms with Crippen molar-refractivity contribution in [3.8, 4) is 0 Å². The number of amides is 1. The van der Waals surface area contributed by atoms with E-state index in [2.05, 4.69) is 15.2 Å². The van der Waals surface area contributed by atoms with Gasteiger partial charge in [-0.2, -0.15) is 0 Å². The van der Waals surface area contributed by atoms with E-state index in [0.717, 1.165) is 0 Å². The molecule has 0 saturated heterocycles. The van der Waals surface area contributed by atoms with Gasteiger partial charge >= 0.3 is 5.91 Å². The van der Waals surface area contributed by atoms with E-state index in [4.69, 9.17) is 0 Å². The van der Waals surface area contributed by atoms with Crippen molar-refractivity contribution in [1.29, 1.82) is 0 Å². The van der Waals surface area contributed by atoms with Gasteiger partial charge in [-0.1, -0.05) is 0 Å². The Morgan fingerprint density at radius 3 is 2.83 bits per heavy atom. The summed E-state index contributed by atoms with van der Waals surface area (Å²) in [7, 11) is 0. The summed E-state index contributed by atoms with van der Waals surface area (Å²) in [6, 6.07) is 3.21. The predicted octanol–water partition coefficient (Wildman–Crippen LogP) is 0.888. The van der Waals surface area contributed by atoms with Crippen LogP contribution in [0.2, 0.25) is 0 Å². The first-order chi connectivity index (χ1) is 5.79. The van der Waals surface area contributed by atoms with Crippen molar-refractivity contribution < 1.29 is 9.59 Å². The average molecular weight is 161 g/mol. The van der Waals surface area contributed by atoms with Crippen LogP contribution in [0.3, 0.4) is 0 Å². The van der Waals surface area contributed by atoms with Crippen molar-refractivity contribution in [1.82, 2.24) is 4.98 Å². The van der Waals surface area contributed by atoms with Crippen LogP contribution in [0.15, 0.2) is 28.6 Å². The molecule has 1 aromatic heterocycles. The Morgan fingerprint density at radius 1 is 1.17 bits per heavy atom. The van der Waals surface area contributed by atoms with Gasteiger partial charge in [-0.25, -0.2) is 0 Å². The molecule has 0 unspecified atom stereocenters. The number of fused-ring (bicyclic) bond motifs is 1. The van der Waals surface area contributed by atoms with E-state index in [9.17, 15) is 9.59 Å². The van der Waals surface area contributed by atoms with Crippen LogP contribution in [0, 0.1) is 0 Å². The molecule has 1 amide bonds. The van der Waals surface area contributed by atoms with Crippen LogP contribution in [0.25, 0.3) is 0 Å². The number of aromatic nitrogens is 1. The summed E-state index contributed by atoms with van der Waals surface area (Å²) in [6.07, 6.45) is 1.44. The second-order valence-corrected chi connectivity index (χ2v) is 2.21. The Labute approximate surface area is 67.1 Å². The van der Waals surface area contributed by atoms with Gasteiger partial charge in [-0.15, -0.1) is 10.2 Å². The SMILES string of the molecule is O=C1N=Nc2cccnc2C1=O. The fraction of sp³-hybridized carbons (Fsp3) is 0. The summed E-state index contributed by atoms with van der Waals surface area (Å²) >= 11 is 0. The maximum atomic E-state index is 11.1. The molecule has 1 aliphatic heterocycles. The van der Waals surface area contributed by atoms with Gasteiger partial charge in [0.2, 0.25) is 0 Å². The first-order valence-electron chi connectivity index (χ1n) is 3.24. The molecule has 0 aromatic carbocycles. The smallest absolute Gasteiger partial charge is 0.281 e. The number of rotatable bonds is 0. The van der Waals surface area contributed by atoms with Crippen molar-refractivity contribution in [2.24, 2.45) is 10.2 Å². The second kappa shape index (κ2) is 2.30. The van der Waals surface area contributed by atoms with E-state index >= 15 is 0 Å². The van der Waals surface area contributed by atoms with Crippen LogP contribution in [0.4, 0.5) is 5.69 Å². The summed E-state index contributed by atoms with van der Waals surface area (Å²) in [5.41, 5.74) is 0.430. The number of hydrogen-bond acceptors (Lipinski definition) is 4. The van der Waals surface area contributed by atoms with Crippen LogP contribution in [-0.2, 0) is 4.79 Å². The Morgan fingerprint density at radius 2 is 2.00 bits per heavy atom. The van der Waals surface area contributed by atoms with Crippen LogP contribution in [0.5, 0.6) is 0 Å². The largest absolute Gasteiger partial charge is 0.338 e. The molecule has 0 bridgehead atoms. The number of hydrogen-bond donors (Lipinski definition) is 0. The first kappa shape index (κ1) is 6.78. The highest BCUT2D eigenvalue weighted by Gasteiger charge is 2.24. The molecule has 0 spiro atoms. The van der Waals surface area contributed by atoms with E-state index in [-0.39, 0.29) is 5.69 Å². The summed E-state index contributed by atoms with van der Waals surface area (Å²) in [5, 5.41) is 6.67. The highest BCUT2D eigenvalue weighted by molar-refractivity contribution is 6.44. The van der Waals surface area contributed by atoms with E-state index in [1.807, 2.05) is 0 Å². The van der Waals surface area contributed by atoms with Crippen LogP contribution < -0.4 is 0 Å². The Balaban J connectivity index is 2.67. The molecular weight excluding hydrogens is 158 g/mol. The first-order valence-corrected chi connectivity index (χ1v) is 3.24. The quantitative estimate of drug-likeness (QED) is 0.530. The number of carbonyl (C=O) groups is 2. The predicted molar refractivity (Wildman–Crippen MR) is 38.1 cm³/mol. The number of nitrogens with zero attached hydrogens (tertiary/aromatic N) is 3. The Hall–Kier alpha value is -1.91. The van der Waals surface area contributed by atoms with Crippen LogP contribution >= 0.6 is 0 Å². The molecular formula is C7H3N3O2. The molecule has 0 atom stereocenters. The van der Waals surface area contributed by atoms with Gasteiger partial charge in [0.1, 0.15) is 11.4 Å². The molecule has 0 fully saturated rings. The molecule has 0 saturated carbocycles. The fourth-order valence-corrected chi connectivity index (χ4v) is 0.898. The normalized spacial score (nSPS) is 14.7. The molecule has 12 heavy (non-hydrogen) atoms. The lowest BCUT2D eigenvalue weighted by atomic mass is 10.2. The molecule has 5 heteroatoms. The molecule has 5 nitrogen and oxygen atoms in total. The lowest BCUT2D eigenvalue weighted by molar-refractivity contribution is -0.114. The third-order valence-corrected chi connectivity index (χ3v) is 1.44. The fourth-order valence-electron chi connectivity index (χ4n) is 0.898. The van der Waals surface area contributed by atoms with E-state index in [1.54, 1.807) is 12.1 Å². The van der Waals surface area contributed by atoms with Crippen molar-refractivity contribution in [2.45, 2.75) is 0 Å². The summed E-state index contributed by atoms with van der Waals surface area (Å²) in [4.78, 5) is 25.5. The number of Topliss-reactive ketones (excluding diaryl/α,β-unsaturated/α-hetero) is 1. The second-order valence-electron chi connectivity index (χ2n) is 2.21. The highest BCUT2D eigenvalue weighted by atomic mass is 16.2. The van der Waals surface area contributed by atoms with Gasteiger partial charge in [-0.05, 0) is 12.1 Å².